The first-order valence-electron chi connectivity index (χ1n) is 7.67. The van der Waals surface area contributed by atoms with Gasteiger partial charge in [-0.15, -0.1) is 15.3 Å². The molecule has 2 aromatic heterocycles. The van der Waals surface area contributed by atoms with Crippen LogP contribution in [0.5, 0.6) is 0 Å². The number of furan rings is 1. The van der Waals surface area contributed by atoms with Crippen LogP contribution in [0.3, 0.4) is 0 Å². The third-order valence-corrected chi connectivity index (χ3v) is 4.01. The average Bonchev–Trinajstić information content (AvgIpc) is 3.26. The predicted molar refractivity (Wildman–Crippen MR) is 82.1 cm³/mol. The lowest BCUT2D eigenvalue weighted by atomic mass is 10.3. The van der Waals surface area contributed by atoms with Crippen molar-refractivity contribution < 1.29 is 9.15 Å². The summed E-state index contributed by atoms with van der Waals surface area (Å²) in [5.41, 5.74) is 3.88. The maximum atomic E-state index is 5.73. The molecule has 8 nitrogen and oxygen atoms in total. The molecule has 2 aliphatic heterocycles. The zero-order valence-corrected chi connectivity index (χ0v) is 13.1. The number of nitrogens with one attached hydrogen (secondary N) is 1. The van der Waals surface area contributed by atoms with Crippen molar-refractivity contribution in [3.63, 3.8) is 0 Å². The summed E-state index contributed by atoms with van der Waals surface area (Å²) in [6, 6.07) is 1.88. The smallest absolute Gasteiger partial charge is 0.281 e. The van der Waals surface area contributed by atoms with E-state index >= 15 is 0 Å². The molecule has 1 N–H and O–H groups in total. The molecule has 0 saturated carbocycles. The first-order valence-corrected chi connectivity index (χ1v) is 7.67. The molecule has 0 spiro atoms. The summed E-state index contributed by atoms with van der Waals surface area (Å²) < 4.78 is 13.3. The molecule has 0 radical (unpaired) electrons. The number of hydrogen-bond acceptors (Lipinski definition) is 7. The summed E-state index contributed by atoms with van der Waals surface area (Å²) in [6.07, 6.45) is 4.44. The Kier molecular flexibility index (Phi) is 3.29. The Morgan fingerprint density at radius 2 is 2.26 bits per heavy atom. The molecule has 8 heteroatoms. The van der Waals surface area contributed by atoms with Crippen molar-refractivity contribution in [2.45, 2.75) is 33.4 Å². The Labute approximate surface area is 133 Å². The fourth-order valence-corrected chi connectivity index (χ4v) is 2.77. The highest BCUT2D eigenvalue weighted by Gasteiger charge is 2.23. The van der Waals surface area contributed by atoms with Crippen molar-refractivity contribution in [3.8, 4) is 0 Å². The minimum absolute atomic E-state index is 0.451. The highest BCUT2D eigenvalue weighted by atomic mass is 16.5. The van der Waals surface area contributed by atoms with Crippen molar-refractivity contribution in [3.05, 3.63) is 47.4 Å². The van der Waals surface area contributed by atoms with Gasteiger partial charge >= 0.3 is 0 Å². The third-order valence-electron chi connectivity index (χ3n) is 4.01. The van der Waals surface area contributed by atoms with Crippen LogP contribution in [0.2, 0.25) is 0 Å². The van der Waals surface area contributed by atoms with Crippen LogP contribution >= 0.6 is 0 Å². The lowest BCUT2D eigenvalue weighted by Gasteiger charge is -2.26. The molecule has 120 valence electrons. The Hall–Kier alpha value is -2.77. The van der Waals surface area contributed by atoms with Crippen LogP contribution in [-0.2, 0) is 24.2 Å². The topological polar surface area (TPSA) is 80.7 Å². The van der Waals surface area contributed by atoms with E-state index in [1.165, 1.54) is 0 Å². The van der Waals surface area contributed by atoms with Crippen molar-refractivity contribution in [1.82, 2.24) is 25.1 Å². The number of aromatic nitrogens is 3. The van der Waals surface area contributed by atoms with Gasteiger partial charge in [0.2, 0.25) is 5.88 Å². The van der Waals surface area contributed by atoms with E-state index < -0.39 is 0 Å². The summed E-state index contributed by atoms with van der Waals surface area (Å²) >= 11 is 0. The maximum Gasteiger partial charge on any atom is 0.281 e. The number of nitrogens with zero attached hydrogens (tertiary/aromatic N) is 5. The van der Waals surface area contributed by atoms with E-state index in [-0.39, 0.29) is 0 Å². The van der Waals surface area contributed by atoms with E-state index in [1.54, 1.807) is 6.26 Å². The molecule has 0 atom stereocenters. The highest BCUT2D eigenvalue weighted by molar-refractivity contribution is 5.94. The van der Waals surface area contributed by atoms with E-state index in [2.05, 4.69) is 37.1 Å². The fraction of sp³-hybridized carbons (Fsp3) is 0.400. The molecular formula is C15H18N6O2. The molecule has 0 aliphatic carbocycles. The van der Waals surface area contributed by atoms with Crippen LogP contribution in [0, 0.1) is 6.92 Å². The molecular weight excluding hydrogens is 296 g/mol. The largest absolute Gasteiger partial charge is 0.459 e. The lowest BCUT2D eigenvalue weighted by molar-refractivity contribution is 0.276. The van der Waals surface area contributed by atoms with Gasteiger partial charge in [-0.05, 0) is 13.0 Å². The van der Waals surface area contributed by atoms with Crippen LogP contribution < -0.4 is 5.43 Å². The average molecular weight is 314 g/mol. The number of ether oxygens (including phenoxy) is 1. The van der Waals surface area contributed by atoms with Crippen LogP contribution in [-0.4, -0.2) is 32.1 Å². The molecule has 4 rings (SSSR count). The van der Waals surface area contributed by atoms with Gasteiger partial charge in [0.15, 0.2) is 11.6 Å². The molecule has 0 amide bonds. The Bertz CT molecular complexity index is 788. The van der Waals surface area contributed by atoms with Crippen LogP contribution in [0.25, 0.3) is 0 Å². The SMILES string of the molecule is CCc1nnc2n1CCN(C=C1NN=C(c3occc3C)O1)C2. The number of fused-ring (bicyclic) bond motifs is 1. The predicted octanol–water partition coefficient (Wildman–Crippen LogP) is 1.34. The molecule has 0 fully saturated rings. The Morgan fingerprint density at radius 1 is 1.35 bits per heavy atom. The molecule has 4 heterocycles. The van der Waals surface area contributed by atoms with Gasteiger partial charge in [-0.2, -0.15) is 0 Å². The Balaban J connectivity index is 1.45. The van der Waals surface area contributed by atoms with Crippen molar-refractivity contribution in [2.75, 3.05) is 6.54 Å². The van der Waals surface area contributed by atoms with Crippen molar-refractivity contribution >= 4 is 5.90 Å². The first kappa shape index (κ1) is 13.9. The van der Waals surface area contributed by atoms with Gasteiger partial charge in [-0.3, -0.25) is 0 Å². The first-order chi connectivity index (χ1) is 11.2. The normalized spacial score (nSPS) is 18.6. The van der Waals surface area contributed by atoms with E-state index in [0.717, 1.165) is 36.7 Å². The molecule has 0 unspecified atom stereocenters. The summed E-state index contributed by atoms with van der Waals surface area (Å²) in [4.78, 5) is 2.14. The van der Waals surface area contributed by atoms with Crippen LogP contribution in [0.4, 0.5) is 0 Å². The highest BCUT2D eigenvalue weighted by Crippen LogP contribution is 2.18. The molecule has 0 aromatic carbocycles. The van der Waals surface area contributed by atoms with Crippen LogP contribution in [0.15, 0.2) is 33.9 Å². The molecule has 2 aromatic rings. The zero-order chi connectivity index (χ0) is 15.8. The lowest BCUT2D eigenvalue weighted by Crippen LogP contribution is -2.31. The van der Waals surface area contributed by atoms with Gasteiger partial charge in [0.1, 0.15) is 5.82 Å². The second-order valence-electron chi connectivity index (χ2n) is 5.57. The molecule has 23 heavy (non-hydrogen) atoms. The second kappa shape index (κ2) is 5.45. The van der Waals surface area contributed by atoms with Crippen molar-refractivity contribution in [2.24, 2.45) is 5.10 Å². The summed E-state index contributed by atoms with van der Waals surface area (Å²) in [5.74, 6) is 3.70. The van der Waals surface area contributed by atoms with Crippen molar-refractivity contribution in [1.29, 1.82) is 0 Å². The van der Waals surface area contributed by atoms with Gasteiger partial charge in [0, 0.05) is 25.1 Å². The summed E-state index contributed by atoms with van der Waals surface area (Å²) in [5, 5.41) is 12.6. The van der Waals surface area contributed by atoms with Gasteiger partial charge in [0.25, 0.3) is 5.90 Å². The second-order valence-corrected chi connectivity index (χ2v) is 5.57. The quantitative estimate of drug-likeness (QED) is 0.921. The number of hydrazone groups is 1. The minimum atomic E-state index is 0.451. The molecule has 0 saturated heterocycles. The molecule has 2 aliphatic rings. The monoisotopic (exact) mass is 314 g/mol. The standard InChI is InChI=1S/C15H18N6O2/c1-3-11-16-17-12-8-20(5-6-21(11)12)9-13-18-19-15(23-13)14-10(2)4-7-22-14/h4,7,9,18H,3,5-6,8H2,1-2H3. The maximum absolute atomic E-state index is 5.73. The van der Waals surface area contributed by atoms with Crippen LogP contribution in [0.1, 0.15) is 29.9 Å². The van der Waals surface area contributed by atoms with Gasteiger partial charge in [-0.1, -0.05) is 6.92 Å². The van der Waals surface area contributed by atoms with Gasteiger partial charge < -0.3 is 18.6 Å². The summed E-state index contributed by atoms with van der Waals surface area (Å²) in [7, 11) is 0. The van der Waals surface area contributed by atoms with E-state index in [1.807, 2.05) is 19.2 Å². The number of rotatable bonds is 3. The molecule has 0 bridgehead atoms. The Morgan fingerprint density at radius 3 is 3.04 bits per heavy atom. The summed E-state index contributed by atoms with van der Waals surface area (Å²) in [6.45, 7) is 6.51. The minimum Gasteiger partial charge on any atom is -0.459 e. The number of aryl methyl sites for hydroxylation is 2. The van der Waals surface area contributed by atoms with Gasteiger partial charge in [0.05, 0.1) is 19.0 Å². The third kappa shape index (κ3) is 2.45. The number of hydrogen-bond donors (Lipinski definition) is 1. The fourth-order valence-electron chi connectivity index (χ4n) is 2.77. The zero-order valence-electron chi connectivity index (χ0n) is 13.1. The van der Waals surface area contributed by atoms with E-state index in [9.17, 15) is 0 Å². The van der Waals surface area contributed by atoms with Gasteiger partial charge in [-0.25, -0.2) is 5.43 Å². The van der Waals surface area contributed by atoms with E-state index in [0.29, 0.717) is 24.1 Å². The van der Waals surface area contributed by atoms with E-state index in [4.69, 9.17) is 9.15 Å².